The van der Waals surface area contributed by atoms with Crippen LogP contribution >= 0.6 is 0 Å². The molecule has 5 heteroatoms. The minimum absolute atomic E-state index is 0.282. The largest absolute Gasteiger partial charge is 0.377 e. The van der Waals surface area contributed by atoms with Crippen molar-refractivity contribution in [2.75, 3.05) is 23.7 Å². The molecule has 4 nitrogen and oxygen atoms in total. The molecule has 0 spiro atoms. The molecule has 0 fully saturated rings. The van der Waals surface area contributed by atoms with Crippen LogP contribution in [0.5, 0.6) is 0 Å². The highest BCUT2D eigenvalue weighted by molar-refractivity contribution is 7.93. The molecule has 0 aliphatic rings. The first-order chi connectivity index (χ1) is 11.4. The minimum Gasteiger partial charge on any atom is -0.377 e. The van der Waals surface area contributed by atoms with Gasteiger partial charge in [0.2, 0.25) is 0 Å². The van der Waals surface area contributed by atoms with Crippen LogP contribution < -0.4 is 9.62 Å². The van der Waals surface area contributed by atoms with Gasteiger partial charge in [-0.05, 0) is 31.2 Å². The zero-order valence-electron chi connectivity index (χ0n) is 13.9. The molecular formula is C19H20N2O2S. The maximum absolute atomic E-state index is 12.9. The normalized spacial score (nSPS) is 11.5. The summed E-state index contributed by atoms with van der Waals surface area (Å²) < 4.78 is 28.4. The molecule has 0 amide bonds. The number of aryl methyl sites for hydroxylation is 1. The zero-order valence-corrected chi connectivity index (χ0v) is 14.8. The highest BCUT2D eigenvalue weighted by Crippen LogP contribution is 2.31. The third-order valence-corrected chi connectivity index (χ3v) is 5.37. The molecule has 0 aliphatic heterocycles. The Balaban J connectivity index is 2.11. The predicted octanol–water partition coefficient (Wildman–Crippen LogP) is 4.02. The fourth-order valence-corrected chi connectivity index (χ4v) is 4.00. The molecule has 0 unspecified atom stereocenters. The van der Waals surface area contributed by atoms with Gasteiger partial charge in [-0.25, -0.2) is 8.42 Å². The molecule has 24 heavy (non-hydrogen) atoms. The molecule has 0 saturated heterocycles. The summed E-state index contributed by atoms with van der Waals surface area (Å²) in [7, 11) is 0.226. The molecule has 1 N–H and O–H groups in total. The standard InChI is InChI=1S/C19H20N2O2S/c1-14-10-12-15(13-11-14)20-24(22,23)19-9-5-6-16-17(19)7-4-8-18(16)21(2)3/h4-13,20H,1-3H3. The van der Waals surface area contributed by atoms with Crippen molar-refractivity contribution in [3.05, 3.63) is 66.2 Å². The molecule has 3 rings (SSSR count). The van der Waals surface area contributed by atoms with E-state index in [1.54, 1.807) is 24.3 Å². The van der Waals surface area contributed by atoms with Crippen LogP contribution in [-0.2, 0) is 10.0 Å². The molecule has 0 saturated carbocycles. The molecule has 0 aliphatic carbocycles. The van der Waals surface area contributed by atoms with Crippen LogP contribution in [0.1, 0.15) is 5.56 Å². The molecular weight excluding hydrogens is 320 g/mol. The first-order valence-corrected chi connectivity index (χ1v) is 9.15. The smallest absolute Gasteiger partial charge is 0.262 e. The lowest BCUT2D eigenvalue weighted by atomic mass is 10.1. The number of benzene rings is 3. The van der Waals surface area contributed by atoms with Crippen LogP contribution in [0.4, 0.5) is 11.4 Å². The summed E-state index contributed by atoms with van der Waals surface area (Å²) in [5, 5.41) is 1.62. The van der Waals surface area contributed by atoms with Gasteiger partial charge in [-0.15, -0.1) is 0 Å². The van der Waals surface area contributed by atoms with Gasteiger partial charge < -0.3 is 4.90 Å². The third-order valence-electron chi connectivity index (χ3n) is 3.93. The number of rotatable bonds is 4. The van der Waals surface area contributed by atoms with Gasteiger partial charge in [-0.2, -0.15) is 0 Å². The Morgan fingerprint density at radius 2 is 1.46 bits per heavy atom. The summed E-state index contributed by atoms with van der Waals surface area (Å²) in [6.07, 6.45) is 0. The fourth-order valence-electron chi connectivity index (χ4n) is 2.72. The highest BCUT2D eigenvalue weighted by Gasteiger charge is 2.18. The van der Waals surface area contributed by atoms with E-state index in [0.29, 0.717) is 11.1 Å². The van der Waals surface area contributed by atoms with Crippen LogP contribution in [-0.4, -0.2) is 22.5 Å². The maximum Gasteiger partial charge on any atom is 0.262 e. The molecule has 0 radical (unpaired) electrons. The van der Waals surface area contributed by atoms with Crippen molar-refractivity contribution in [3.8, 4) is 0 Å². The summed E-state index contributed by atoms with van der Waals surface area (Å²) in [6.45, 7) is 1.96. The quantitative estimate of drug-likeness (QED) is 0.780. The second kappa shape index (κ2) is 6.17. The number of sulfonamides is 1. The number of nitrogens with zero attached hydrogens (tertiary/aromatic N) is 1. The second-order valence-corrected chi connectivity index (χ2v) is 7.65. The first kappa shape index (κ1) is 16.3. The molecule has 0 bridgehead atoms. The summed E-state index contributed by atoms with van der Waals surface area (Å²) in [5.41, 5.74) is 2.62. The number of nitrogens with one attached hydrogen (secondary N) is 1. The summed E-state index contributed by atoms with van der Waals surface area (Å²) >= 11 is 0. The van der Waals surface area contributed by atoms with Gasteiger partial charge in [0.1, 0.15) is 0 Å². The van der Waals surface area contributed by atoms with Crippen molar-refractivity contribution in [3.63, 3.8) is 0 Å². The van der Waals surface area contributed by atoms with Crippen LogP contribution in [0.3, 0.4) is 0 Å². The topological polar surface area (TPSA) is 49.4 Å². The Labute approximate surface area is 142 Å². The summed E-state index contributed by atoms with van der Waals surface area (Å²) in [4.78, 5) is 2.26. The van der Waals surface area contributed by atoms with Crippen molar-refractivity contribution < 1.29 is 8.42 Å². The summed E-state index contributed by atoms with van der Waals surface area (Å²) in [5.74, 6) is 0. The Morgan fingerprint density at radius 3 is 2.12 bits per heavy atom. The van der Waals surface area contributed by atoms with Gasteiger partial charge >= 0.3 is 0 Å². The lowest BCUT2D eigenvalue weighted by molar-refractivity contribution is 0.602. The Hall–Kier alpha value is -2.53. The van der Waals surface area contributed by atoms with Crippen LogP contribution in [0.25, 0.3) is 10.8 Å². The van der Waals surface area contributed by atoms with E-state index in [1.807, 2.05) is 62.3 Å². The molecule has 124 valence electrons. The first-order valence-electron chi connectivity index (χ1n) is 7.67. The van der Waals surface area contributed by atoms with Gasteiger partial charge in [0, 0.05) is 36.2 Å². The average molecular weight is 340 g/mol. The van der Waals surface area contributed by atoms with Crippen LogP contribution in [0, 0.1) is 6.92 Å². The van der Waals surface area contributed by atoms with Crippen molar-refractivity contribution in [1.82, 2.24) is 0 Å². The van der Waals surface area contributed by atoms with Crippen molar-refractivity contribution in [2.24, 2.45) is 0 Å². The monoisotopic (exact) mass is 340 g/mol. The molecule has 0 aromatic heterocycles. The van der Waals surface area contributed by atoms with E-state index in [4.69, 9.17) is 0 Å². The van der Waals surface area contributed by atoms with E-state index in [-0.39, 0.29) is 4.90 Å². The van der Waals surface area contributed by atoms with Gasteiger partial charge in [0.05, 0.1) is 4.90 Å². The number of fused-ring (bicyclic) bond motifs is 1. The molecule has 3 aromatic rings. The Bertz CT molecular complexity index is 978. The molecule has 3 aromatic carbocycles. The van der Waals surface area contributed by atoms with Crippen LogP contribution in [0.15, 0.2) is 65.6 Å². The zero-order chi connectivity index (χ0) is 17.3. The number of hydrogen-bond donors (Lipinski definition) is 1. The fraction of sp³-hybridized carbons (Fsp3) is 0.158. The van der Waals surface area contributed by atoms with E-state index >= 15 is 0 Å². The number of hydrogen-bond acceptors (Lipinski definition) is 3. The van der Waals surface area contributed by atoms with E-state index in [2.05, 4.69) is 4.72 Å². The van der Waals surface area contributed by atoms with Gasteiger partial charge in [0.25, 0.3) is 10.0 Å². The lowest BCUT2D eigenvalue weighted by Gasteiger charge is -2.17. The van der Waals surface area contributed by atoms with Crippen LogP contribution in [0.2, 0.25) is 0 Å². The SMILES string of the molecule is Cc1ccc(NS(=O)(=O)c2cccc3c(N(C)C)cccc23)cc1. The lowest BCUT2D eigenvalue weighted by Crippen LogP contribution is -2.14. The highest BCUT2D eigenvalue weighted by atomic mass is 32.2. The Morgan fingerprint density at radius 1 is 0.833 bits per heavy atom. The van der Waals surface area contributed by atoms with Gasteiger partial charge in [-0.1, -0.05) is 42.0 Å². The third kappa shape index (κ3) is 3.08. The van der Waals surface area contributed by atoms with E-state index in [9.17, 15) is 8.42 Å². The maximum atomic E-state index is 12.9. The van der Waals surface area contributed by atoms with Crippen molar-refractivity contribution >= 4 is 32.2 Å². The molecule has 0 heterocycles. The van der Waals surface area contributed by atoms with Crippen molar-refractivity contribution in [1.29, 1.82) is 0 Å². The van der Waals surface area contributed by atoms with Crippen molar-refractivity contribution in [2.45, 2.75) is 11.8 Å². The average Bonchev–Trinajstić information content (AvgIpc) is 2.55. The van der Waals surface area contributed by atoms with E-state index in [0.717, 1.165) is 16.6 Å². The van der Waals surface area contributed by atoms with Gasteiger partial charge in [-0.3, -0.25) is 4.72 Å². The van der Waals surface area contributed by atoms with Gasteiger partial charge in [0.15, 0.2) is 0 Å². The predicted molar refractivity (Wildman–Crippen MR) is 100 cm³/mol. The minimum atomic E-state index is -3.66. The molecule has 0 atom stereocenters. The summed E-state index contributed by atoms with van der Waals surface area (Å²) in [6, 6.07) is 18.3. The second-order valence-electron chi connectivity index (χ2n) is 5.99. The number of anilines is 2. The van der Waals surface area contributed by atoms with E-state index < -0.39 is 10.0 Å². The van der Waals surface area contributed by atoms with E-state index in [1.165, 1.54) is 0 Å². The Kier molecular flexibility index (Phi) is 4.20.